The van der Waals surface area contributed by atoms with E-state index in [1.165, 1.54) is 0 Å². The molecule has 0 N–H and O–H groups in total. The molecule has 0 amide bonds. The predicted molar refractivity (Wildman–Crippen MR) is 85.1 cm³/mol. The number of hydrogen-bond acceptors (Lipinski definition) is 5. The van der Waals surface area contributed by atoms with Crippen molar-refractivity contribution in [2.75, 3.05) is 18.0 Å². The van der Waals surface area contributed by atoms with Gasteiger partial charge in [-0.15, -0.1) is 0 Å². The van der Waals surface area contributed by atoms with E-state index in [9.17, 15) is 4.79 Å². The van der Waals surface area contributed by atoms with Crippen molar-refractivity contribution in [2.45, 2.75) is 26.1 Å². The van der Waals surface area contributed by atoms with Gasteiger partial charge in [0.05, 0.1) is 17.8 Å². The minimum atomic E-state index is 0.128. The van der Waals surface area contributed by atoms with Gasteiger partial charge in [-0.1, -0.05) is 6.07 Å². The maximum atomic E-state index is 11.5. The lowest BCUT2D eigenvalue weighted by Crippen LogP contribution is -2.46. The molecule has 1 aliphatic heterocycles. The van der Waals surface area contributed by atoms with Crippen LogP contribution in [0.5, 0.6) is 0 Å². The molecule has 3 rings (SSSR count). The summed E-state index contributed by atoms with van der Waals surface area (Å²) in [4.78, 5) is 22.3. The molecule has 0 aliphatic carbocycles. The summed E-state index contributed by atoms with van der Waals surface area (Å²) in [6.45, 7) is 5.55. The van der Waals surface area contributed by atoms with Gasteiger partial charge in [0.1, 0.15) is 5.82 Å². The fraction of sp³-hybridized carbons (Fsp3) is 0.353. The van der Waals surface area contributed by atoms with Crippen molar-refractivity contribution in [3.63, 3.8) is 0 Å². The summed E-state index contributed by atoms with van der Waals surface area (Å²) >= 11 is 0. The largest absolute Gasteiger partial charge is 0.372 e. The number of rotatable bonds is 3. The third-order valence-electron chi connectivity index (χ3n) is 3.74. The molecule has 5 heteroatoms. The SMILES string of the molecule is C[C@@H]1CN(c2ncc(-c3cccnc3)cc2C=O)C[C@H](C)O1. The molecule has 1 aliphatic rings. The van der Waals surface area contributed by atoms with Crippen molar-refractivity contribution in [3.8, 4) is 11.1 Å². The van der Waals surface area contributed by atoms with E-state index in [2.05, 4.69) is 14.9 Å². The average Bonchev–Trinajstić information content (AvgIpc) is 2.54. The van der Waals surface area contributed by atoms with Crippen LogP contribution >= 0.6 is 0 Å². The number of nitrogens with zero attached hydrogens (tertiary/aromatic N) is 3. The lowest BCUT2D eigenvalue weighted by atomic mass is 10.1. The number of hydrogen-bond donors (Lipinski definition) is 0. The van der Waals surface area contributed by atoms with Crippen molar-refractivity contribution in [3.05, 3.63) is 42.4 Å². The van der Waals surface area contributed by atoms with E-state index in [1.54, 1.807) is 18.6 Å². The highest BCUT2D eigenvalue weighted by Gasteiger charge is 2.25. The molecule has 1 fully saturated rings. The molecular weight excluding hydrogens is 278 g/mol. The van der Waals surface area contributed by atoms with Crippen LogP contribution in [-0.2, 0) is 4.74 Å². The Hall–Kier alpha value is -2.27. The van der Waals surface area contributed by atoms with Gasteiger partial charge in [-0.2, -0.15) is 0 Å². The summed E-state index contributed by atoms with van der Waals surface area (Å²) in [6.07, 6.45) is 6.41. The highest BCUT2D eigenvalue weighted by Crippen LogP contribution is 2.26. The Morgan fingerprint density at radius 3 is 2.64 bits per heavy atom. The van der Waals surface area contributed by atoms with Crippen molar-refractivity contribution in [1.82, 2.24) is 9.97 Å². The number of carbonyl (C=O) groups is 1. The Labute approximate surface area is 130 Å². The van der Waals surface area contributed by atoms with E-state index in [1.807, 2.05) is 32.0 Å². The second kappa shape index (κ2) is 6.23. The van der Waals surface area contributed by atoms with Crippen LogP contribution in [0.3, 0.4) is 0 Å². The maximum absolute atomic E-state index is 11.5. The van der Waals surface area contributed by atoms with Gasteiger partial charge in [0.25, 0.3) is 0 Å². The zero-order valence-electron chi connectivity index (χ0n) is 12.8. The Morgan fingerprint density at radius 2 is 2.00 bits per heavy atom. The third-order valence-corrected chi connectivity index (χ3v) is 3.74. The highest BCUT2D eigenvalue weighted by molar-refractivity contribution is 5.85. The van der Waals surface area contributed by atoms with Crippen LogP contribution in [0, 0.1) is 0 Å². The molecule has 22 heavy (non-hydrogen) atoms. The van der Waals surface area contributed by atoms with E-state index in [-0.39, 0.29) is 12.2 Å². The summed E-state index contributed by atoms with van der Waals surface area (Å²) in [7, 11) is 0. The molecule has 2 aromatic rings. The second-order valence-electron chi connectivity index (χ2n) is 5.66. The topological polar surface area (TPSA) is 55.3 Å². The number of aromatic nitrogens is 2. The van der Waals surface area contributed by atoms with Crippen molar-refractivity contribution in [2.24, 2.45) is 0 Å². The Kier molecular flexibility index (Phi) is 4.15. The van der Waals surface area contributed by atoms with Crippen molar-refractivity contribution < 1.29 is 9.53 Å². The van der Waals surface area contributed by atoms with Crippen molar-refractivity contribution in [1.29, 1.82) is 0 Å². The molecule has 5 nitrogen and oxygen atoms in total. The lowest BCUT2D eigenvalue weighted by molar-refractivity contribution is -0.00549. The minimum Gasteiger partial charge on any atom is -0.372 e. The molecule has 0 aromatic carbocycles. The first-order valence-electron chi connectivity index (χ1n) is 7.43. The van der Waals surface area contributed by atoms with Crippen LogP contribution in [0.15, 0.2) is 36.8 Å². The fourth-order valence-corrected chi connectivity index (χ4v) is 2.87. The van der Waals surface area contributed by atoms with Crippen LogP contribution in [0.2, 0.25) is 0 Å². The molecule has 0 spiro atoms. The first kappa shape index (κ1) is 14.7. The van der Waals surface area contributed by atoms with Crippen LogP contribution in [0.4, 0.5) is 5.82 Å². The predicted octanol–water partition coefficient (Wildman–Crippen LogP) is 2.57. The van der Waals surface area contributed by atoms with Gasteiger partial charge in [-0.3, -0.25) is 9.78 Å². The number of carbonyl (C=O) groups excluding carboxylic acids is 1. The Bertz CT molecular complexity index is 650. The Balaban J connectivity index is 1.94. The summed E-state index contributed by atoms with van der Waals surface area (Å²) in [5.74, 6) is 0.727. The standard InChI is InChI=1S/C17H19N3O2/c1-12-9-20(10-13(2)22-12)17-16(11-21)6-15(8-19-17)14-4-3-5-18-7-14/h3-8,11-13H,9-10H2,1-2H3/t12-,13+. The van der Waals surface area contributed by atoms with Crippen LogP contribution < -0.4 is 4.90 Å². The summed E-state index contributed by atoms with van der Waals surface area (Å²) in [5.41, 5.74) is 2.45. The molecule has 1 saturated heterocycles. The molecule has 2 aromatic heterocycles. The maximum Gasteiger partial charge on any atom is 0.153 e. The van der Waals surface area contributed by atoms with Gasteiger partial charge < -0.3 is 9.64 Å². The van der Waals surface area contributed by atoms with Gasteiger partial charge >= 0.3 is 0 Å². The molecule has 0 unspecified atom stereocenters. The van der Waals surface area contributed by atoms with Gasteiger partial charge in [0.15, 0.2) is 6.29 Å². The average molecular weight is 297 g/mol. The van der Waals surface area contributed by atoms with Gasteiger partial charge in [-0.25, -0.2) is 4.98 Å². The quantitative estimate of drug-likeness (QED) is 0.815. The number of aldehydes is 1. The van der Waals surface area contributed by atoms with Crippen LogP contribution in [-0.4, -0.2) is 41.6 Å². The molecule has 0 radical (unpaired) electrons. The van der Waals surface area contributed by atoms with Crippen LogP contribution in [0.25, 0.3) is 11.1 Å². The van der Waals surface area contributed by atoms with Crippen molar-refractivity contribution >= 4 is 12.1 Å². The first-order chi connectivity index (χ1) is 10.7. The minimum absolute atomic E-state index is 0.128. The molecular formula is C17H19N3O2. The first-order valence-corrected chi connectivity index (χ1v) is 7.43. The zero-order valence-corrected chi connectivity index (χ0v) is 12.8. The van der Waals surface area contributed by atoms with E-state index in [4.69, 9.17) is 4.74 Å². The van der Waals surface area contributed by atoms with Crippen LogP contribution in [0.1, 0.15) is 24.2 Å². The lowest BCUT2D eigenvalue weighted by Gasteiger charge is -2.36. The molecule has 0 bridgehead atoms. The number of morpholine rings is 1. The molecule has 3 heterocycles. The molecule has 2 atom stereocenters. The third kappa shape index (κ3) is 2.99. The van der Waals surface area contributed by atoms with E-state index < -0.39 is 0 Å². The molecule has 114 valence electrons. The van der Waals surface area contributed by atoms with E-state index >= 15 is 0 Å². The normalized spacial score (nSPS) is 21.6. The smallest absolute Gasteiger partial charge is 0.153 e. The number of anilines is 1. The van der Waals surface area contributed by atoms with Gasteiger partial charge in [0, 0.05) is 42.8 Å². The molecule has 0 saturated carbocycles. The summed E-state index contributed by atoms with van der Waals surface area (Å²) in [5, 5.41) is 0. The Morgan fingerprint density at radius 1 is 1.23 bits per heavy atom. The van der Waals surface area contributed by atoms with E-state index in [0.717, 1.165) is 36.3 Å². The monoisotopic (exact) mass is 297 g/mol. The second-order valence-corrected chi connectivity index (χ2v) is 5.66. The fourth-order valence-electron chi connectivity index (χ4n) is 2.87. The zero-order chi connectivity index (χ0) is 15.5. The summed E-state index contributed by atoms with van der Waals surface area (Å²) < 4.78 is 5.74. The summed E-state index contributed by atoms with van der Waals surface area (Å²) in [6, 6.07) is 5.70. The highest BCUT2D eigenvalue weighted by atomic mass is 16.5. The number of pyridine rings is 2. The van der Waals surface area contributed by atoms with Gasteiger partial charge in [-0.05, 0) is 26.0 Å². The number of ether oxygens (including phenoxy) is 1. The van der Waals surface area contributed by atoms with E-state index in [0.29, 0.717) is 5.56 Å². The van der Waals surface area contributed by atoms with Gasteiger partial charge in [0.2, 0.25) is 0 Å².